The fourth-order valence-electron chi connectivity index (χ4n) is 8.07. The molecule has 18 heteroatoms. The lowest BCUT2D eigenvalue weighted by Crippen LogP contribution is -2.69. The molecule has 0 aromatic heterocycles. The summed E-state index contributed by atoms with van der Waals surface area (Å²) in [5.74, 6) is -3.30. The molecule has 0 amide bonds. The highest BCUT2D eigenvalue weighted by Gasteiger charge is 2.59. The number of halogens is 3. The number of esters is 3. The van der Waals surface area contributed by atoms with Crippen LogP contribution in [0.4, 0.5) is 13.2 Å². The summed E-state index contributed by atoms with van der Waals surface area (Å²) in [7, 11) is 2.99. The average molecular weight is 750 g/mol. The molecule has 5 aliphatic heterocycles. The highest BCUT2D eigenvalue weighted by atomic mass is 32.2. The Hall–Kier alpha value is -4.44. The summed E-state index contributed by atoms with van der Waals surface area (Å²) in [5.41, 5.74) is 3.68. The fourth-order valence-corrected chi connectivity index (χ4v) is 9.55. The van der Waals surface area contributed by atoms with Crippen molar-refractivity contribution in [3.63, 3.8) is 0 Å². The number of rotatable bonds is 6. The van der Waals surface area contributed by atoms with Crippen molar-refractivity contribution in [2.75, 3.05) is 40.2 Å². The average Bonchev–Trinajstić information content (AvgIpc) is 3.59. The van der Waals surface area contributed by atoms with Crippen molar-refractivity contribution in [1.29, 1.82) is 5.26 Å². The van der Waals surface area contributed by atoms with E-state index in [0.717, 1.165) is 22.9 Å². The van der Waals surface area contributed by atoms with Gasteiger partial charge in [-0.2, -0.15) is 18.4 Å². The molecule has 7 rings (SSSR count). The molecule has 4 bridgehead atoms. The maximum Gasteiger partial charge on any atom is 0.490 e. The van der Waals surface area contributed by atoms with E-state index < -0.39 is 78.0 Å². The van der Waals surface area contributed by atoms with Gasteiger partial charge in [-0.1, -0.05) is 6.07 Å². The predicted octanol–water partition coefficient (Wildman–Crippen LogP) is 3.64. The third-order valence-electron chi connectivity index (χ3n) is 9.90. The normalized spacial score (nSPS) is 27.3. The van der Waals surface area contributed by atoms with Gasteiger partial charge < -0.3 is 43.2 Å². The lowest BCUT2D eigenvalue weighted by Gasteiger charge is -2.59. The second-order valence-corrected chi connectivity index (χ2v) is 14.1. The van der Waals surface area contributed by atoms with Gasteiger partial charge in [-0.25, -0.2) is 9.59 Å². The molecular formula is C34H34F3N3O11S. The molecule has 0 radical (unpaired) electrons. The minimum absolute atomic E-state index is 0.122. The summed E-state index contributed by atoms with van der Waals surface area (Å²) >= 11 is 0.994. The number of thioether (sulfide) groups is 1. The van der Waals surface area contributed by atoms with E-state index in [1.165, 1.54) is 21.1 Å². The number of carbonyl (C=O) groups is 3. The summed E-state index contributed by atoms with van der Waals surface area (Å²) in [4.78, 5) is 40.0. The molecule has 5 aliphatic rings. The Bertz CT molecular complexity index is 1890. The first-order chi connectivity index (χ1) is 24.8. The second kappa shape index (κ2) is 13.5. The van der Waals surface area contributed by atoms with E-state index in [2.05, 4.69) is 16.1 Å². The van der Waals surface area contributed by atoms with Crippen LogP contribution in [0.25, 0.3) is 0 Å². The highest BCUT2D eigenvalue weighted by molar-refractivity contribution is 7.99. The number of aryl methyl sites for hydroxylation is 1. The number of cyclic esters (lactones) is 1. The van der Waals surface area contributed by atoms with Gasteiger partial charge in [0.15, 0.2) is 29.8 Å². The number of nitriles is 1. The Balaban J connectivity index is 1.49. The van der Waals surface area contributed by atoms with Crippen molar-refractivity contribution in [2.45, 2.75) is 74.9 Å². The Morgan fingerprint density at radius 3 is 2.52 bits per heavy atom. The Labute approximate surface area is 299 Å². The zero-order valence-electron chi connectivity index (χ0n) is 28.6. The first-order valence-corrected chi connectivity index (χ1v) is 17.3. The SMILES string of the molecule is COCOc1c(OC)c(C)cc2c1[C@@H]1N[C@@H](C2)[C@H](C#N)N2C1[C@@H]1SC[C@H](OC(=O)C(F)(F)F)C(=O)OC[C@H]2c2c3c(c(C)c(OC(C)=O)c21)OCO3. The van der Waals surface area contributed by atoms with Gasteiger partial charge in [-0.05, 0) is 31.4 Å². The van der Waals surface area contributed by atoms with Gasteiger partial charge in [-0.3, -0.25) is 9.69 Å². The van der Waals surface area contributed by atoms with Gasteiger partial charge in [0.25, 0.3) is 0 Å². The van der Waals surface area contributed by atoms with Crippen molar-refractivity contribution >= 4 is 29.7 Å². The molecule has 14 nitrogen and oxygen atoms in total. The third-order valence-corrected chi connectivity index (χ3v) is 11.3. The smallest absolute Gasteiger partial charge is 0.490 e. The van der Waals surface area contributed by atoms with Crippen LogP contribution in [0.2, 0.25) is 0 Å². The summed E-state index contributed by atoms with van der Waals surface area (Å²) < 4.78 is 85.5. The van der Waals surface area contributed by atoms with Gasteiger partial charge in [0.1, 0.15) is 18.4 Å². The Morgan fingerprint density at radius 1 is 1.10 bits per heavy atom. The predicted molar refractivity (Wildman–Crippen MR) is 172 cm³/mol. The number of benzene rings is 2. The van der Waals surface area contributed by atoms with Gasteiger partial charge in [0.05, 0.1) is 30.5 Å². The van der Waals surface area contributed by atoms with Crippen molar-refractivity contribution in [1.82, 2.24) is 10.2 Å². The fraction of sp³-hybridized carbons (Fsp3) is 0.529. The Kier molecular flexibility index (Phi) is 9.34. The van der Waals surface area contributed by atoms with Crippen LogP contribution in [0.3, 0.4) is 0 Å². The zero-order valence-corrected chi connectivity index (χ0v) is 29.4. The number of hydrogen-bond donors (Lipinski definition) is 1. The van der Waals surface area contributed by atoms with Gasteiger partial charge >= 0.3 is 24.1 Å². The summed E-state index contributed by atoms with van der Waals surface area (Å²) in [6, 6.07) is 0.774. The van der Waals surface area contributed by atoms with Gasteiger partial charge in [0, 0.05) is 54.1 Å². The van der Waals surface area contributed by atoms with Crippen LogP contribution in [-0.4, -0.2) is 93.4 Å². The summed E-state index contributed by atoms with van der Waals surface area (Å²) in [6.45, 7) is 4.00. The summed E-state index contributed by atoms with van der Waals surface area (Å²) in [6.07, 6.45) is -6.91. The molecule has 2 aromatic carbocycles. The monoisotopic (exact) mass is 749 g/mol. The minimum Gasteiger partial charge on any atom is -0.493 e. The number of nitrogens with zero attached hydrogens (tertiary/aromatic N) is 2. The molecule has 7 atom stereocenters. The van der Waals surface area contributed by atoms with Crippen molar-refractivity contribution in [3.8, 4) is 34.8 Å². The number of fused-ring (bicyclic) bond motifs is 9. The van der Waals surface area contributed by atoms with Crippen molar-refractivity contribution < 1.29 is 65.4 Å². The van der Waals surface area contributed by atoms with Crippen LogP contribution >= 0.6 is 11.8 Å². The quantitative estimate of drug-likeness (QED) is 0.259. The van der Waals surface area contributed by atoms with Crippen LogP contribution in [0.15, 0.2) is 6.07 Å². The maximum atomic E-state index is 13.4. The van der Waals surface area contributed by atoms with Crippen LogP contribution in [-0.2, 0) is 35.0 Å². The summed E-state index contributed by atoms with van der Waals surface area (Å²) in [5, 5.41) is 13.6. The van der Waals surface area contributed by atoms with Gasteiger partial charge in [-0.15, -0.1) is 11.8 Å². The molecule has 2 fully saturated rings. The number of alkyl halides is 3. The van der Waals surface area contributed by atoms with Crippen molar-refractivity contribution in [3.05, 3.63) is 39.4 Å². The van der Waals surface area contributed by atoms with E-state index >= 15 is 0 Å². The first-order valence-electron chi connectivity index (χ1n) is 16.3. The number of ether oxygens (including phenoxy) is 8. The zero-order chi connectivity index (χ0) is 37.2. The van der Waals surface area contributed by atoms with Crippen LogP contribution < -0.4 is 29.0 Å². The molecule has 1 unspecified atom stereocenters. The largest absolute Gasteiger partial charge is 0.493 e. The standard InChI is InChI=1S/C34H34F3N3O11S/c1-13-6-16-7-17-18(8-38)40-19-9-46-32(42)20(51-33(43)34(35,36)37)10-52-31(25(40)24(39-17)21(16)29(26(13)45-5)47-11-44-4)23-22(19)30-28(48-12-49-30)14(2)27(23)50-15(3)41/h6,17-20,24-25,31,39H,7,9-12H2,1-5H3/t17-,18-,19-,20-,24-,25?,31+/m0/s1. The number of nitrogens with one attached hydrogen (secondary N) is 1. The van der Waals surface area contributed by atoms with E-state index in [1.807, 2.05) is 17.9 Å². The number of carbonyl (C=O) groups excluding carboxylic acids is 3. The lowest BCUT2D eigenvalue weighted by molar-refractivity contribution is -0.207. The third kappa shape index (κ3) is 5.74. The van der Waals surface area contributed by atoms with E-state index in [1.54, 1.807) is 6.92 Å². The van der Waals surface area contributed by atoms with Crippen LogP contribution in [0.5, 0.6) is 28.7 Å². The van der Waals surface area contributed by atoms with E-state index in [-0.39, 0.29) is 19.3 Å². The Morgan fingerprint density at radius 2 is 1.85 bits per heavy atom. The van der Waals surface area contributed by atoms with E-state index in [9.17, 15) is 32.8 Å². The van der Waals surface area contributed by atoms with Crippen LogP contribution in [0, 0.1) is 25.2 Å². The second-order valence-electron chi connectivity index (χ2n) is 12.9. The maximum absolute atomic E-state index is 13.4. The number of methoxy groups -OCH3 is 2. The molecule has 2 aromatic rings. The molecular weight excluding hydrogens is 715 g/mol. The first kappa shape index (κ1) is 35.9. The van der Waals surface area contributed by atoms with Crippen molar-refractivity contribution in [2.24, 2.45) is 0 Å². The molecule has 2 saturated heterocycles. The molecule has 1 N–H and O–H groups in total. The van der Waals surface area contributed by atoms with E-state index in [4.69, 9.17) is 33.2 Å². The van der Waals surface area contributed by atoms with Crippen LogP contribution in [0.1, 0.15) is 57.6 Å². The molecule has 5 heterocycles. The topological polar surface area (TPSA) is 164 Å². The lowest BCUT2D eigenvalue weighted by atomic mass is 9.72. The van der Waals surface area contributed by atoms with E-state index in [0.29, 0.717) is 51.7 Å². The molecule has 278 valence electrons. The molecule has 52 heavy (non-hydrogen) atoms. The highest BCUT2D eigenvalue weighted by Crippen LogP contribution is 2.62. The minimum atomic E-state index is -5.37. The number of piperazine rings is 1. The molecule has 0 spiro atoms. The molecule has 0 saturated carbocycles. The number of hydrogen-bond acceptors (Lipinski definition) is 15. The van der Waals surface area contributed by atoms with Gasteiger partial charge in [0.2, 0.25) is 12.9 Å². The molecule has 0 aliphatic carbocycles.